The second-order valence-electron chi connectivity index (χ2n) is 11.4. The van der Waals surface area contributed by atoms with E-state index >= 15 is 0 Å². The van der Waals surface area contributed by atoms with Gasteiger partial charge in [0.2, 0.25) is 11.5 Å². The Morgan fingerprint density at radius 3 is 1.72 bits per heavy atom. The molecule has 47 heavy (non-hydrogen) atoms. The number of cyclic esters (lactones) is 1. The molecule has 0 saturated heterocycles. The van der Waals surface area contributed by atoms with Crippen molar-refractivity contribution in [1.82, 2.24) is 0 Å². The summed E-state index contributed by atoms with van der Waals surface area (Å²) in [6, 6.07) is 33.9. The third-order valence-corrected chi connectivity index (χ3v) is 7.52. The van der Waals surface area contributed by atoms with Crippen LogP contribution < -0.4 is 23.7 Å². The van der Waals surface area contributed by atoms with Gasteiger partial charge in [0.05, 0.1) is 7.11 Å². The van der Waals surface area contributed by atoms with E-state index in [1.54, 1.807) is 32.0 Å². The van der Waals surface area contributed by atoms with Crippen molar-refractivity contribution in [2.45, 2.75) is 39.5 Å². The Morgan fingerprint density at radius 1 is 0.660 bits per heavy atom. The fourth-order valence-electron chi connectivity index (χ4n) is 5.35. The molecular weight excluding hydrogens is 596 g/mol. The van der Waals surface area contributed by atoms with E-state index in [0.717, 1.165) is 16.7 Å². The van der Waals surface area contributed by atoms with Gasteiger partial charge < -0.3 is 28.4 Å². The van der Waals surface area contributed by atoms with E-state index in [1.165, 1.54) is 7.11 Å². The topological polar surface area (TPSA) is 89.5 Å². The summed E-state index contributed by atoms with van der Waals surface area (Å²) in [7, 11) is 1.49. The van der Waals surface area contributed by atoms with Crippen molar-refractivity contribution in [1.29, 1.82) is 0 Å². The van der Waals surface area contributed by atoms with Gasteiger partial charge in [0.15, 0.2) is 17.8 Å². The van der Waals surface area contributed by atoms with E-state index in [-0.39, 0.29) is 48.2 Å². The minimum atomic E-state index is -1.23. The van der Waals surface area contributed by atoms with Gasteiger partial charge in [-0.15, -0.1) is 0 Å². The number of fused-ring (bicyclic) bond motifs is 1. The van der Waals surface area contributed by atoms with Crippen LogP contribution >= 0.6 is 0 Å². The van der Waals surface area contributed by atoms with E-state index in [2.05, 4.69) is 0 Å². The Morgan fingerprint density at radius 2 is 1.19 bits per heavy atom. The van der Waals surface area contributed by atoms with Crippen LogP contribution in [-0.2, 0) is 24.6 Å². The Balaban J connectivity index is 1.55. The van der Waals surface area contributed by atoms with Crippen LogP contribution in [0, 0.1) is 0 Å². The number of carbonyl (C=O) groups is 2. The number of rotatable bonds is 12. The van der Waals surface area contributed by atoms with E-state index in [0.29, 0.717) is 28.9 Å². The zero-order valence-electron chi connectivity index (χ0n) is 26.4. The minimum Gasteiger partial charge on any atom is -0.493 e. The molecule has 0 aromatic heterocycles. The molecule has 238 valence electrons. The van der Waals surface area contributed by atoms with Crippen LogP contribution in [0.2, 0.25) is 0 Å². The average Bonchev–Trinajstić information content (AvgIpc) is 3.08. The van der Waals surface area contributed by atoms with Crippen LogP contribution in [0.3, 0.4) is 0 Å². The first-order valence-corrected chi connectivity index (χ1v) is 15.2. The highest BCUT2D eigenvalue weighted by molar-refractivity contribution is 6.05. The maximum absolute atomic E-state index is 13.7. The fraction of sp³-hybridized carbons (Fsp3) is 0.179. The van der Waals surface area contributed by atoms with Gasteiger partial charge in [-0.25, -0.2) is 4.79 Å². The van der Waals surface area contributed by atoms with Crippen LogP contribution in [0.5, 0.6) is 28.7 Å². The summed E-state index contributed by atoms with van der Waals surface area (Å²) in [6.07, 6.45) is 0.692. The lowest BCUT2D eigenvalue weighted by atomic mass is 9.92. The zero-order chi connectivity index (χ0) is 32.8. The number of hydrogen-bond donors (Lipinski definition) is 0. The normalized spacial score (nSPS) is 13.0. The molecule has 1 aliphatic heterocycles. The summed E-state index contributed by atoms with van der Waals surface area (Å²) < 4.78 is 36.7. The van der Waals surface area contributed by atoms with E-state index in [9.17, 15) is 9.59 Å². The summed E-state index contributed by atoms with van der Waals surface area (Å²) in [6.45, 7) is 3.90. The predicted octanol–water partition coefficient (Wildman–Crippen LogP) is 8.20. The monoisotopic (exact) mass is 630 g/mol. The number of ether oxygens (including phenoxy) is 6. The highest BCUT2D eigenvalue weighted by Crippen LogP contribution is 2.51. The minimum absolute atomic E-state index is 0.128. The van der Waals surface area contributed by atoms with Crippen molar-refractivity contribution in [3.05, 3.63) is 137 Å². The molecule has 5 aromatic rings. The Kier molecular flexibility index (Phi) is 9.11. The molecule has 0 radical (unpaired) electrons. The molecule has 5 aromatic carbocycles. The Hall–Kier alpha value is -5.76. The van der Waals surface area contributed by atoms with Gasteiger partial charge in [0, 0.05) is 36.6 Å². The molecule has 0 amide bonds. The standard InChI is InChI=1S/C39H34O8/c1-39(2)46-32-21-30(43-23-26-13-7-4-8-14-26)20-31(35(32)38(41)47-39)34-29(22-40)19-33(42-3)36(44-24-27-15-9-5-10-16-27)37(34)45-25-28-17-11-6-12-18-28/h4-22H,23-25H2,1-3H3. The first-order chi connectivity index (χ1) is 22.8. The van der Waals surface area contributed by atoms with E-state index in [4.69, 9.17) is 28.4 Å². The largest absolute Gasteiger partial charge is 0.493 e. The van der Waals surface area contributed by atoms with Crippen molar-refractivity contribution in [2.24, 2.45) is 0 Å². The van der Waals surface area contributed by atoms with Gasteiger partial charge in [-0.05, 0) is 28.8 Å². The Bertz CT molecular complexity index is 1870. The van der Waals surface area contributed by atoms with Gasteiger partial charge in [-0.3, -0.25) is 4.79 Å². The summed E-state index contributed by atoms with van der Waals surface area (Å²) in [5.74, 6) is -0.409. The van der Waals surface area contributed by atoms with Crippen LogP contribution in [-0.4, -0.2) is 25.2 Å². The highest BCUT2D eigenvalue weighted by atomic mass is 16.7. The van der Waals surface area contributed by atoms with E-state index < -0.39 is 11.8 Å². The van der Waals surface area contributed by atoms with Gasteiger partial charge in [0.1, 0.15) is 36.9 Å². The van der Waals surface area contributed by atoms with Gasteiger partial charge >= 0.3 is 5.97 Å². The molecule has 0 atom stereocenters. The number of esters is 1. The van der Waals surface area contributed by atoms with Crippen molar-refractivity contribution < 1.29 is 38.0 Å². The molecule has 0 N–H and O–H groups in total. The molecule has 8 nitrogen and oxygen atoms in total. The first kappa shape index (κ1) is 31.2. The molecule has 1 heterocycles. The molecule has 6 rings (SSSR count). The molecule has 1 aliphatic rings. The molecule has 0 aliphatic carbocycles. The SMILES string of the molecule is COc1cc(C=O)c(-c2cc(OCc3ccccc3)cc3c2C(=O)OC(C)(C)O3)c(OCc2ccccc2)c1OCc1ccccc1. The van der Waals surface area contributed by atoms with Gasteiger partial charge in [-0.1, -0.05) is 91.0 Å². The summed E-state index contributed by atoms with van der Waals surface area (Å²) in [5.41, 5.74) is 3.71. The molecule has 0 saturated carbocycles. The lowest BCUT2D eigenvalue weighted by molar-refractivity contribution is -0.127. The fourth-order valence-corrected chi connectivity index (χ4v) is 5.35. The summed E-state index contributed by atoms with van der Waals surface area (Å²) in [5, 5.41) is 0. The molecule has 0 bridgehead atoms. The number of methoxy groups -OCH3 is 1. The van der Waals surface area contributed by atoms with Crippen molar-refractivity contribution in [3.8, 4) is 39.9 Å². The van der Waals surface area contributed by atoms with Crippen molar-refractivity contribution in [2.75, 3.05) is 7.11 Å². The lowest BCUT2D eigenvalue weighted by Crippen LogP contribution is -2.39. The van der Waals surface area contributed by atoms with Gasteiger partial charge in [-0.2, -0.15) is 0 Å². The smallest absolute Gasteiger partial charge is 0.345 e. The maximum Gasteiger partial charge on any atom is 0.345 e. The summed E-state index contributed by atoms with van der Waals surface area (Å²) in [4.78, 5) is 26.5. The first-order valence-electron chi connectivity index (χ1n) is 15.2. The maximum atomic E-state index is 13.7. The average molecular weight is 631 g/mol. The Labute approximate surface area is 273 Å². The third kappa shape index (κ3) is 7.07. The molecular formula is C39H34O8. The molecule has 0 spiro atoms. The summed E-state index contributed by atoms with van der Waals surface area (Å²) >= 11 is 0. The van der Waals surface area contributed by atoms with Crippen molar-refractivity contribution in [3.63, 3.8) is 0 Å². The van der Waals surface area contributed by atoms with Gasteiger partial charge in [0.25, 0.3) is 0 Å². The zero-order valence-corrected chi connectivity index (χ0v) is 26.4. The quantitative estimate of drug-likeness (QED) is 0.101. The van der Waals surface area contributed by atoms with Crippen LogP contribution in [0.15, 0.2) is 109 Å². The van der Waals surface area contributed by atoms with Crippen LogP contribution in [0.1, 0.15) is 51.3 Å². The second-order valence-corrected chi connectivity index (χ2v) is 11.4. The number of benzene rings is 5. The molecule has 0 unspecified atom stereocenters. The second kappa shape index (κ2) is 13.7. The van der Waals surface area contributed by atoms with Crippen LogP contribution in [0.4, 0.5) is 0 Å². The predicted molar refractivity (Wildman–Crippen MR) is 176 cm³/mol. The highest BCUT2D eigenvalue weighted by Gasteiger charge is 2.38. The van der Waals surface area contributed by atoms with Crippen molar-refractivity contribution >= 4 is 12.3 Å². The molecule has 0 fully saturated rings. The number of aldehydes is 1. The number of hydrogen-bond acceptors (Lipinski definition) is 8. The number of carbonyl (C=O) groups excluding carboxylic acids is 2. The van der Waals surface area contributed by atoms with Crippen LogP contribution in [0.25, 0.3) is 11.1 Å². The van der Waals surface area contributed by atoms with E-state index in [1.807, 2.05) is 91.0 Å². The third-order valence-electron chi connectivity index (χ3n) is 7.52. The molecule has 8 heteroatoms. The lowest BCUT2D eigenvalue weighted by Gasteiger charge is -2.33.